The fourth-order valence-electron chi connectivity index (χ4n) is 3.10. The Hall–Kier alpha value is -3.73. The van der Waals surface area contributed by atoms with Crippen LogP contribution in [-0.4, -0.2) is 15.5 Å². The third-order valence-corrected chi connectivity index (χ3v) is 4.65. The summed E-state index contributed by atoms with van der Waals surface area (Å²) in [4.78, 5) is 16.8. The zero-order chi connectivity index (χ0) is 20.1. The van der Waals surface area contributed by atoms with Gasteiger partial charge in [-0.3, -0.25) is 0 Å². The number of aromatic nitrogens is 2. The standard InChI is InChI=1S/C24H19FN2O2/c25-22-12-10-19(11-13-22)18-6-8-21(9-7-18)24(28)29-23(16-27-15-14-26-17-27)20-4-2-1-3-5-20/h1-15,17,23H,16H2. The molecular formula is C24H19FN2O2. The molecule has 0 N–H and O–H groups in total. The lowest BCUT2D eigenvalue weighted by molar-refractivity contribution is 0.0255. The molecule has 4 nitrogen and oxygen atoms in total. The Kier molecular flexibility index (Phi) is 5.47. The lowest BCUT2D eigenvalue weighted by atomic mass is 10.0. The number of imidazole rings is 1. The van der Waals surface area contributed by atoms with Crippen LogP contribution in [0, 0.1) is 5.82 Å². The van der Waals surface area contributed by atoms with Crippen molar-refractivity contribution in [2.45, 2.75) is 12.6 Å². The largest absolute Gasteiger partial charge is 0.452 e. The molecular weight excluding hydrogens is 367 g/mol. The van der Waals surface area contributed by atoms with Crippen LogP contribution >= 0.6 is 0 Å². The zero-order valence-electron chi connectivity index (χ0n) is 15.6. The van der Waals surface area contributed by atoms with Crippen LogP contribution in [0.1, 0.15) is 22.0 Å². The first-order valence-electron chi connectivity index (χ1n) is 9.27. The van der Waals surface area contributed by atoms with Gasteiger partial charge in [-0.2, -0.15) is 0 Å². The molecule has 0 bridgehead atoms. The molecule has 1 heterocycles. The van der Waals surface area contributed by atoms with Crippen LogP contribution < -0.4 is 0 Å². The molecule has 0 saturated carbocycles. The molecule has 1 unspecified atom stereocenters. The van der Waals surface area contributed by atoms with E-state index in [4.69, 9.17) is 4.74 Å². The Morgan fingerprint density at radius 3 is 2.21 bits per heavy atom. The molecule has 0 saturated heterocycles. The van der Waals surface area contributed by atoms with E-state index in [9.17, 15) is 9.18 Å². The average molecular weight is 386 g/mol. The summed E-state index contributed by atoms with van der Waals surface area (Å²) < 4.78 is 20.8. The highest BCUT2D eigenvalue weighted by atomic mass is 19.1. The quantitative estimate of drug-likeness (QED) is 0.423. The lowest BCUT2D eigenvalue weighted by Gasteiger charge is -2.19. The minimum Gasteiger partial charge on any atom is -0.452 e. The van der Waals surface area contributed by atoms with Gasteiger partial charge >= 0.3 is 5.97 Å². The first kappa shape index (κ1) is 18.6. The zero-order valence-corrected chi connectivity index (χ0v) is 15.6. The van der Waals surface area contributed by atoms with Crippen LogP contribution in [0.4, 0.5) is 4.39 Å². The van der Waals surface area contributed by atoms with Gasteiger partial charge in [-0.1, -0.05) is 54.6 Å². The summed E-state index contributed by atoms with van der Waals surface area (Å²) in [5, 5.41) is 0. The monoisotopic (exact) mass is 386 g/mol. The van der Waals surface area contributed by atoms with E-state index >= 15 is 0 Å². The molecule has 0 aliphatic carbocycles. The van der Waals surface area contributed by atoms with Crippen LogP contribution in [0.3, 0.4) is 0 Å². The average Bonchev–Trinajstić information content (AvgIpc) is 3.28. The molecule has 1 aromatic heterocycles. The summed E-state index contributed by atoms with van der Waals surface area (Å²) in [6.45, 7) is 0.476. The van der Waals surface area contributed by atoms with Crippen LogP contribution in [0.2, 0.25) is 0 Å². The van der Waals surface area contributed by atoms with Gasteiger partial charge in [0.2, 0.25) is 0 Å². The Bertz CT molecular complexity index is 1060. The minimum atomic E-state index is -0.435. The Balaban J connectivity index is 1.52. The number of ether oxygens (including phenoxy) is 1. The highest BCUT2D eigenvalue weighted by molar-refractivity contribution is 5.90. The van der Waals surface area contributed by atoms with Crippen molar-refractivity contribution in [1.82, 2.24) is 9.55 Å². The number of benzene rings is 3. The number of esters is 1. The predicted molar refractivity (Wildman–Crippen MR) is 109 cm³/mol. The molecule has 0 fully saturated rings. The summed E-state index contributed by atoms with van der Waals surface area (Å²) >= 11 is 0. The van der Waals surface area contributed by atoms with Gasteiger partial charge in [0.05, 0.1) is 18.4 Å². The van der Waals surface area contributed by atoms with Crippen LogP contribution in [0.15, 0.2) is 97.6 Å². The molecule has 3 aromatic carbocycles. The van der Waals surface area contributed by atoms with Gasteiger partial charge in [-0.05, 0) is 41.0 Å². The number of halogens is 1. The first-order valence-corrected chi connectivity index (χ1v) is 9.27. The topological polar surface area (TPSA) is 44.1 Å². The third kappa shape index (κ3) is 4.58. The maximum absolute atomic E-state index is 13.1. The molecule has 0 aliphatic heterocycles. The summed E-state index contributed by atoms with van der Waals surface area (Å²) in [6, 6.07) is 23.0. The molecule has 144 valence electrons. The highest BCUT2D eigenvalue weighted by Crippen LogP contribution is 2.24. The van der Waals surface area contributed by atoms with E-state index in [-0.39, 0.29) is 5.82 Å². The van der Waals surface area contributed by atoms with E-state index in [2.05, 4.69) is 4.98 Å². The van der Waals surface area contributed by atoms with E-state index < -0.39 is 12.1 Å². The Labute approximate surface area is 168 Å². The number of rotatable bonds is 6. The summed E-state index contributed by atoms with van der Waals surface area (Å²) in [7, 11) is 0. The van der Waals surface area contributed by atoms with E-state index in [1.807, 2.05) is 53.2 Å². The van der Waals surface area contributed by atoms with Crippen molar-refractivity contribution < 1.29 is 13.9 Å². The van der Waals surface area contributed by atoms with Crippen molar-refractivity contribution in [2.75, 3.05) is 0 Å². The van der Waals surface area contributed by atoms with Gasteiger partial charge in [0.1, 0.15) is 11.9 Å². The van der Waals surface area contributed by atoms with Crippen LogP contribution in [0.5, 0.6) is 0 Å². The second-order valence-electron chi connectivity index (χ2n) is 6.65. The summed E-state index contributed by atoms with van der Waals surface area (Å²) in [5.74, 6) is -0.677. The van der Waals surface area contributed by atoms with Crippen molar-refractivity contribution in [2.24, 2.45) is 0 Å². The second kappa shape index (κ2) is 8.52. The van der Waals surface area contributed by atoms with Crippen molar-refractivity contribution in [3.05, 3.63) is 115 Å². The maximum Gasteiger partial charge on any atom is 0.338 e. The minimum absolute atomic E-state index is 0.279. The van der Waals surface area contributed by atoms with E-state index in [0.29, 0.717) is 12.1 Å². The second-order valence-corrected chi connectivity index (χ2v) is 6.65. The lowest BCUT2D eigenvalue weighted by Crippen LogP contribution is -2.16. The van der Waals surface area contributed by atoms with Gasteiger partial charge in [0.25, 0.3) is 0 Å². The van der Waals surface area contributed by atoms with Crippen LogP contribution in [-0.2, 0) is 11.3 Å². The molecule has 29 heavy (non-hydrogen) atoms. The van der Waals surface area contributed by atoms with E-state index in [1.54, 1.807) is 36.8 Å². The Morgan fingerprint density at radius 1 is 0.931 bits per heavy atom. The molecule has 0 radical (unpaired) electrons. The summed E-state index contributed by atoms with van der Waals surface area (Å²) in [6.07, 6.45) is 4.79. The molecule has 0 aliphatic rings. The molecule has 0 spiro atoms. The fraction of sp³-hybridized carbons (Fsp3) is 0.0833. The van der Waals surface area contributed by atoms with Crippen molar-refractivity contribution >= 4 is 5.97 Å². The number of carbonyl (C=O) groups is 1. The molecule has 4 aromatic rings. The molecule has 0 amide bonds. The SMILES string of the molecule is O=C(OC(Cn1ccnc1)c1ccccc1)c1ccc(-c2ccc(F)cc2)cc1. The number of nitrogens with zero attached hydrogens (tertiary/aromatic N) is 2. The van der Waals surface area contributed by atoms with Crippen molar-refractivity contribution in [3.8, 4) is 11.1 Å². The fourth-order valence-corrected chi connectivity index (χ4v) is 3.10. The normalized spacial score (nSPS) is 11.8. The highest BCUT2D eigenvalue weighted by Gasteiger charge is 2.18. The van der Waals surface area contributed by atoms with Crippen molar-refractivity contribution in [1.29, 1.82) is 0 Å². The van der Waals surface area contributed by atoms with Gasteiger partial charge in [0, 0.05) is 12.4 Å². The Morgan fingerprint density at radius 2 is 1.59 bits per heavy atom. The molecule has 4 rings (SSSR count). The van der Waals surface area contributed by atoms with Gasteiger partial charge < -0.3 is 9.30 Å². The predicted octanol–water partition coefficient (Wildman–Crippen LogP) is 5.29. The maximum atomic E-state index is 13.1. The molecule has 1 atom stereocenters. The summed E-state index contributed by atoms with van der Waals surface area (Å²) in [5.41, 5.74) is 3.16. The number of hydrogen-bond donors (Lipinski definition) is 0. The van der Waals surface area contributed by atoms with Gasteiger partial charge in [-0.15, -0.1) is 0 Å². The first-order chi connectivity index (χ1) is 14.2. The van der Waals surface area contributed by atoms with Gasteiger partial charge in [-0.25, -0.2) is 14.2 Å². The van der Waals surface area contributed by atoms with E-state index in [0.717, 1.165) is 16.7 Å². The molecule has 5 heteroatoms. The van der Waals surface area contributed by atoms with Crippen molar-refractivity contribution in [3.63, 3.8) is 0 Å². The third-order valence-electron chi connectivity index (χ3n) is 4.65. The smallest absolute Gasteiger partial charge is 0.338 e. The number of hydrogen-bond acceptors (Lipinski definition) is 3. The number of carbonyl (C=O) groups excluding carboxylic acids is 1. The van der Waals surface area contributed by atoms with E-state index in [1.165, 1.54) is 12.1 Å². The van der Waals surface area contributed by atoms with Gasteiger partial charge in [0.15, 0.2) is 0 Å². The van der Waals surface area contributed by atoms with Crippen LogP contribution in [0.25, 0.3) is 11.1 Å².